The molecule has 0 amide bonds. The molecule has 1 atom stereocenters. The number of ether oxygens (including phenoxy) is 1. The highest BCUT2D eigenvalue weighted by Crippen LogP contribution is 2.28. The number of methoxy groups -OCH3 is 1. The maximum absolute atomic E-state index is 11.2. The number of rotatable bonds is 4. The van der Waals surface area contributed by atoms with Crippen LogP contribution in [0.1, 0.15) is 13.3 Å². The van der Waals surface area contributed by atoms with Gasteiger partial charge in [-0.05, 0) is 22.9 Å². The van der Waals surface area contributed by atoms with E-state index in [0.29, 0.717) is 6.42 Å². The summed E-state index contributed by atoms with van der Waals surface area (Å²) in [5.74, 6) is -0.157. The van der Waals surface area contributed by atoms with Crippen molar-refractivity contribution >= 4 is 28.5 Å². The first kappa shape index (κ1) is 13.0. The van der Waals surface area contributed by atoms with Crippen molar-refractivity contribution in [1.82, 2.24) is 0 Å². The highest BCUT2D eigenvalue weighted by Gasteiger charge is 2.10. The minimum atomic E-state index is -0.157. The van der Waals surface area contributed by atoms with E-state index in [1.807, 2.05) is 19.1 Å². The zero-order chi connectivity index (χ0) is 13.0. The minimum Gasteiger partial charge on any atom is -0.469 e. The van der Waals surface area contributed by atoms with Gasteiger partial charge in [-0.3, -0.25) is 4.79 Å². The Morgan fingerprint density at radius 3 is 2.67 bits per heavy atom. The molecule has 0 aliphatic rings. The molecule has 0 saturated carbocycles. The molecule has 0 fully saturated rings. The molecule has 2 nitrogen and oxygen atoms in total. The number of thioether (sulfide) groups is 1. The van der Waals surface area contributed by atoms with Gasteiger partial charge in [0.2, 0.25) is 0 Å². The maximum Gasteiger partial charge on any atom is 0.306 e. The maximum atomic E-state index is 11.2. The summed E-state index contributed by atoms with van der Waals surface area (Å²) in [4.78, 5) is 12.4. The monoisotopic (exact) mass is 260 g/mol. The summed E-state index contributed by atoms with van der Waals surface area (Å²) < 4.78 is 4.68. The molecule has 2 aromatic rings. The number of fused-ring (bicyclic) bond motifs is 1. The van der Waals surface area contributed by atoms with Crippen LogP contribution in [0.15, 0.2) is 47.4 Å². The number of hydrogen-bond donors (Lipinski definition) is 0. The number of benzene rings is 2. The molecular weight excluding hydrogens is 244 g/mol. The topological polar surface area (TPSA) is 26.3 Å². The van der Waals surface area contributed by atoms with Crippen LogP contribution in [0, 0.1) is 0 Å². The highest BCUT2D eigenvalue weighted by molar-refractivity contribution is 8.00. The van der Waals surface area contributed by atoms with E-state index in [-0.39, 0.29) is 11.2 Å². The Hall–Kier alpha value is -1.48. The number of carbonyl (C=O) groups is 1. The fraction of sp³-hybridized carbons (Fsp3) is 0.267. The molecule has 0 spiro atoms. The molecule has 2 rings (SSSR count). The van der Waals surface area contributed by atoms with Crippen LogP contribution in [0.4, 0.5) is 0 Å². The zero-order valence-corrected chi connectivity index (χ0v) is 11.4. The first-order valence-corrected chi connectivity index (χ1v) is 6.79. The van der Waals surface area contributed by atoms with Gasteiger partial charge in [-0.25, -0.2) is 0 Å². The van der Waals surface area contributed by atoms with Crippen LogP contribution in [-0.2, 0) is 9.53 Å². The average molecular weight is 260 g/mol. The Labute approximate surface area is 111 Å². The summed E-state index contributed by atoms with van der Waals surface area (Å²) in [5.41, 5.74) is 0. The van der Waals surface area contributed by atoms with Crippen molar-refractivity contribution in [2.45, 2.75) is 23.5 Å². The van der Waals surface area contributed by atoms with Crippen molar-refractivity contribution in [2.75, 3.05) is 7.11 Å². The molecular formula is C15H16O2S. The molecule has 18 heavy (non-hydrogen) atoms. The number of carbonyl (C=O) groups excluding carboxylic acids is 1. The number of esters is 1. The van der Waals surface area contributed by atoms with E-state index >= 15 is 0 Å². The first-order valence-electron chi connectivity index (χ1n) is 5.91. The summed E-state index contributed by atoms with van der Waals surface area (Å²) in [6.07, 6.45) is 0.438. The number of hydrogen-bond acceptors (Lipinski definition) is 3. The molecule has 0 aliphatic heterocycles. The summed E-state index contributed by atoms with van der Waals surface area (Å²) >= 11 is 1.70. The van der Waals surface area contributed by atoms with E-state index in [0.717, 1.165) is 0 Å². The summed E-state index contributed by atoms with van der Waals surface area (Å²) in [6, 6.07) is 14.6. The van der Waals surface area contributed by atoms with Crippen LogP contribution in [0.25, 0.3) is 10.8 Å². The van der Waals surface area contributed by atoms with Gasteiger partial charge in [0.25, 0.3) is 0 Å². The molecule has 0 N–H and O–H groups in total. The van der Waals surface area contributed by atoms with Crippen LogP contribution in [-0.4, -0.2) is 18.3 Å². The van der Waals surface area contributed by atoms with Gasteiger partial charge in [0.15, 0.2) is 0 Å². The van der Waals surface area contributed by atoms with Gasteiger partial charge in [-0.15, -0.1) is 11.8 Å². The van der Waals surface area contributed by atoms with E-state index in [1.165, 1.54) is 22.8 Å². The van der Waals surface area contributed by atoms with Crippen molar-refractivity contribution in [2.24, 2.45) is 0 Å². The lowest BCUT2D eigenvalue weighted by atomic mass is 10.1. The lowest BCUT2D eigenvalue weighted by Gasteiger charge is -2.10. The smallest absolute Gasteiger partial charge is 0.306 e. The Morgan fingerprint density at radius 2 is 1.94 bits per heavy atom. The highest BCUT2D eigenvalue weighted by atomic mass is 32.2. The second-order valence-corrected chi connectivity index (χ2v) is 5.73. The fourth-order valence-corrected chi connectivity index (χ4v) is 2.86. The van der Waals surface area contributed by atoms with Gasteiger partial charge in [-0.1, -0.05) is 37.3 Å². The SMILES string of the molecule is COC(=O)CC(C)Sc1ccc2ccccc2c1. The zero-order valence-electron chi connectivity index (χ0n) is 10.6. The molecule has 2 aromatic carbocycles. The Balaban J connectivity index is 2.09. The second-order valence-electron chi connectivity index (χ2n) is 4.22. The molecule has 1 unspecified atom stereocenters. The molecule has 0 heterocycles. The third-order valence-electron chi connectivity index (χ3n) is 2.74. The summed E-state index contributed by atoms with van der Waals surface area (Å²) in [6.45, 7) is 2.04. The van der Waals surface area contributed by atoms with Gasteiger partial charge in [0.05, 0.1) is 13.5 Å². The van der Waals surface area contributed by atoms with Gasteiger partial charge in [-0.2, -0.15) is 0 Å². The fourth-order valence-electron chi connectivity index (χ4n) is 1.83. The Bertz CT molecular complexity index is 551. The Morgan fingerprint density at radius 1 is 1.22 bits per heavy atom. The molecule has 0 saturated heterocycles. The molecule has 0 radical (unpaired) electrons. The molecule has 0 aromatic heterocycles. The van der Waals surface area contributed by atoms with E-state index in [4.69, 9.17) is 0 Å². The van der Waals surface area contributed by atoms with Gasteiger partial charge < -0.3 is 4.74 Å². The normalized spacial score (nSPS) is 12.3. The third kappa shape index (κ3) is 3.26. The second kappa shape index (κ2) is 5.91. The van der Waals surface area contributed by atoms with Gasteiger partial charge >= 0.3 is 5.97 Å². The molecule has 0 bridgehead atoms. The van der Waals surface area contributed by atoms with Crippen LogP contribution < -0.4 is 0 Å². The van der Waals surface area contributed by atoms with Crippen molar-refractivity contribution in [3.05, 3.63) is 42.5 Å². The van der Waals surface area contributed by atoms with Crippen molar-refractivity contribution in [3.8, 4) is 0 Å². The summed E-state index contributed by atoms with van der Waals surface area (Å²) in [5, 5.41) is 2.69. The molecule has 0 aliphatic carbocycles. The van der Waals surface area contributed by atoms with Crippen molar-refractivity contribution in [1.29, 1.82) is 0 Å². The van der Waals surface area contributed by atoms with Crippen LogP contribution in [0.3, 0.4) is 0 Å². The Kier molecular flexibility index (Phi) is 4.26. The van der Waals surface area contributed by atoms with Gasteiger partial charge in [0, 0.05) is 10.1 Å². The standard InChI is InChI=1S/C15H16O2S/c1-11(9-15(16)17-2)18-14-8-7-12-5-3-4-6-13(12)10-14/h3-8,10-11H,9H2,1-2H3. The van der Waals surface area contributed by atoms with Gasteiger partial charge in [0.1, 0.15) is 0 Å². The quantitative estimate of drug-likeness (QED) is 0.616. The lowest BCUT2D eigenvalue weighted by Crippen LogP contribution is -2.08. The molecule has 94 valence electrons. The van der Waals surface area contributed by atoms with E-state index < -0.39 is 0 Å². The van der Waals surface area contributed by atoms with Crippen LogP contribution >= 0.6 is 11.8 Å². The molecule has 3 heteroatoms. The van der Waals surface area contributed by atoms with E-state index in [2.05, 4.69) is 35.1 Å². The minimum absolute atomic E-state index is 0.157. The van der Waals surface area contributed by atoms with Crippen LogP contribution in [0.2, 0.25) is 0 Å². The first-order chi connectivity index (χ1) is 8.69. The summed E-state index contributed by atoms with van der Waals surface area (Å²) in [7, 11) is 1.43. The predicted molar refractivity (Wildman–Crippen MR) is 75.9 cm³/mol. The van der Waals surface area contributed by atoms with Crippen molar-refractivity contribution in [3.63, 3.8) is 0 Å². The predicted octanol–water partition coefficient (Wildman–Crippen LogP) is 3.88. The lowest BCUT2D eigenvalue weighted by molar-refractivity contribution is -0.140. The van der Waals surface area contributed by atoms with E-state index in [9.17, 15) is 4.79 Å². The van der Waals surface area contributed by atoms with E-state index in [1.54, 1.807) is 11.8 Å². The third-order valence-corrected chi connectivity index (χ3v) is 3.84. The average Bonchev–Trinajstić information content (AvgIpc) is 2.38. The van der Waals surface area contributed by atoms with Crippen molar-refractivity contribution < 1.29 is 9.53 Å². The largest absolute Gasteiger partial charge is 0.469 e. The van der Waals surface area contributed by atoms with Crippen LogP contribution in [0.5, 0.6) is 0 Å².